The van der Waals surface area contributed by atoms with Crippen molar-refractivity contribution < 1.29 is 13.9 Å². The number of rotatable bonds is 5. The van der Waals surface area contributed by atoms with Gasteiger partial charge < -0.3 is 9.64 Å². The van der Waals surface area contributed by atoms with Crippen molar-refractivity contribution in [3.63, 3.8) is 0 Å². The first-order chi connectivity index (χ1) is 16.1. The number of nitrogens with zero attached hydrogens (tertiary/aromatic N) is 4. The Morgan fingerprint density at radius 1 is 1.21 bits per heavy atom. The number of halogens is 1. The molecule has 0 radical (unpaired) electrons. The summed E-state index contributed by atoms with van der Waals surface area (Å²) in [5.74, 6) is 0.228. The summed E-state index contributed by atoms with van der Waals surface area (Å²) in [4.78, 5) is 28.1. The van der Waals surface area contributed by atoms with Crippen molar-refractivity contribution in [1.29, 1.82) is 0 Å². The van der Waals surface area contributed by atoms with Crippen molar-refractivity contribution in [2.45, 2.75) is 23.8 Å². The normalized spacial score (nSPS) is 14.5. The summed E-state index contributed by atoms with van der Waals surface area (Å²) in [7, 11) is 0. The van der Waals surface area contributed by atoms with Gasteiger partial charge in [0, 0.05) is 59.7 Å². The molecule has 168 valence electrons. The van der Waals surface area contributed by atoms with Crippen LogP contribution < -0.4 is 4.74 Å². The topological polar surface area (TPSA) is 68.2 Å². The molecule has 0 N–H and O–H groups in total. The average Bonchev–Trinajstić information content (AvgIpc) is 3.29. The molecule has 0 atom stereocenters. The predicted octanol–water partition coefficient (Wildman–Crippen LogP) is 5.30. The minimum Gasteiger partial charge on any atom is -0.473 e. The van der Waals surface area contributed by atoms with Gasteiger partial charge in [-0.15, -0.1) is 23.1 Å². The standard InChI is InChI=1S/C24H21FN4O2S2/c1-32-17-4-5-18(20(25)11-17)19-13-33-22-21(19)27-14-28-23(22)31-16-6-9-29(10-7-16)24(30)15-3-2-8-26-12-15/h2-5,8,11-14,16H,6-7,9-10H2,1H3. The lowest BCUT2D eigenvalue weighted by atomic mass is 10.1. The van der Waals surface area contributed by atoms with Gasteiger partial charge in [0.25, 0.3) is 5.91 Å². The van der Waals surface area contributed by atoms with Gasteiger partial charge in [-0.1, -0.05) is 6.07 Å². The Kier molecular flexibility index (Phi) is 6.24. The Labute approximate surface area is 198 Å². The Balaban J connectivity index is 1.31. The minimum atomic E-state index is -0.270. The van der Waals surface area contributed by atoms with Gasteiger partial charge in [-0.3, -0.25) is 9.78 Å². The number of carbonyl (C=O) groups is 1. The predicted molar refractivity (Wildman–Crippen MR) is 128 cm³/mol. The van der Waals surface area contributed by atoms with Crippen LogP contribution in [0.2, 0.25) is 0 Å². The van der Waals surface area contributed by atoms with Gasteiger partial charge in [0.05, 0.1) is 11.1 Å². The van der Waals surface area contributed by atoms with Crippen molar-refractivity contribution >= 4 is 39.2 Å². The molecule has 0 aliphatic carbocycles. The number of aromatic nitrogens is 3. The number of likely N-dealkylation sites (tertiary alicyclic amines) is 1. The third-order valence-corrected chi connectivity index (χ3v) is 7.39. The Bertz CT molecular complexity index is 1290. The van der Waals surface area contributed by atoms with E-state index >= 15 is 0 Å². The van der Waals surface area contributed by atoms with E-state index in [1.165, 1.54) is 29.4 Å². The van der Waals surface area contributed by atoms with Crippen molar-refractivity contribution in [3.05, 3.63) is 65.8 Å². The molecule has 0 spiro atoms. The Morgan fingerprint density at radius 3 is 2.79 bits per heavy atom. The molecule has 1 aliphatic rings. The van der Waals surface area contributed by atoms with Crippen LogP contribution in [-0.2, 0) is 0 Å². The highest BCUT2D eigenvalue weighted by atomic mass is 32.2. The number of thioether (sulfide) groups is 1. The van der Waals surface area contributed by atoms with E-state index in [9.17, 15) is 9.18 Å². The quantitative estimate of drug-likeness (QED) is 0.361. The van der Waals surface area contributed by atoms with E-state index in [0.717, 1.165) is 15.2 Å². The summed E-state index contributed by atoms with van der Waals surface area (Å²) >= 11 is 2.96. The summed E-state index contributed by atoms with van der Waals surface area (Å²) in [5, 5.41) is 1.90. The number of carbonyl (C=O) groups excluding carboxylic acids is 1. The van der Waals surface area contributed by atoms with E-state index in [2.05, 4.69) is 15.0 Å². The Morgan fingerprint density at radius 2 is 2.06 bits per heavy atom. The molecule has 33 heavy (non-hydrogen) atoms. The highest BCUT2D eigenvalue weighted by Gasteiger charge is 2.26. The number of benzene rings is 1. The second-order valence-corrected chi connectivity index (χ2v) is 9.46. The number of ether oxygens (including phenoxy) is 1. The molecule has 1 fully saturated rings. The maximum atomic E-state index is 14.7. The molecule has 0 unspecified atom stereocenters. The second-order valence-electron chi connectivity index (χ2n) is 7.70. The smallest absolute Gasteiger partial charge is 0.255 e. The van der Waals surface area contributed by atoms with Crippen LogP contribution in [0.3, 0.4) is 0 Å². The lowest BCUT2D eigenvalue weighted by Gasteiger charge is -2.32. The molecule has 0 bridgehead atoms. The van der Waals surface area contributed by atoms with Gasteiger partial charge in [-0.2, -0.15) is 0 Å². The zero-order chi connectivity index (χ0) is 22.8. The molecule has 1 saturated heterocycles. The van der Waals surface area contributed by atoms with Gasteiger partial charge in [-0.25, -0.2) is 14.4 Å². The van der Waals surface area contributed by atoms with Crippen LogP contribution in [0.25, 0.3) is 21.3 Å². The van der Waals surface area contributed by atoms with E-state index in [0.29, 0.717) is 48.5 Å². The molecule has 3 aromatic heterocycles. The molecule has 1 amide bonds. The van der Waals surface area contributed by atoms with E-state index in [-0.39, 0.29) is 17.8 Å². The fraction of sp³-hybridized carbons (Fsp3) is 0.250. The van der Waals surface area contributed by atoms with Gasteiger partial charge in [-0.05, 0) is 30.5 Å². The molecule has 1 aliphatic heterocycles. The largest absolute Gasteiger partial charge is 0.473 e. The number of pyridine rings is 1. The van der Waals surface area contributed by atoms with Crippen LogP contribution in [0, 0.1) is 5.82 Å². The molecule has 4 heterocycles. The number of amides is 1. The fourth-order valence-corrected chi connectivity index (χ4v) is 5.33. The molecule has 1 aromatic carbocycles. The maximum absolute atomic E-state index is 14.7. The van der Waals surface area contributed by atoms with E-state index in [4.69, 9.17) is 4.74 Å². The number of hydrogen-bond acceptors (Lipinski definition) is 7. The summed E-state index contributed by atoms with van der Waals surface area (Å²) in [6.45, 7) is 1.21. The van der Waals surface area contributed by atoms with Gasteiger partial charge in [0.15, 0.2) is 0 Å². The third kappa shape index (κ3) is 4.43. The molecule has 6 nitrogen and oxygen atoms in total. The van der Waals surface area contributed by atoms with Gasteiger partial charge >= 0.3 is 0 Å². The number of piperidine rings is 1. The zero-order valence-electron chi connectivity index (χ0n) is 17.9. The minimum absolute atomic E-state index is 0.0107. The van der Waals surface area contributed by atoms with Crippen molar-refractivity contribution in [3.8, 4) is 17.0 Å². The van der Waals surface area contributed by atoms with Crippen LogP contribution in [0.4, 0.5) is 4.39 Å². The molecule has 0 saturated carbocycles. The third-order valence-electron chi connectivity index (χ3n) is 5.70. The van der Waals surface area contributed by atoms with Crippen LogP contribution >= 0.6 is 23.1 Å². The molecular formula is C24H21FN4O2S2. The maximum Gasteiger partial charge on any atom is 0.255 e. The van der Waals surface area contributed by atoms with E-state index in [1.54, 1.807) is 36.7 Å². The SMILES string of the molecule is CSc1ccc(-c2csc3c(OC4CCN(C(=O)c5cccnc5)CC4)ncnc23)c(F)c1. The molecule has 9 heteroatoms. The van der Waals surface area contributed by atoms with Crippen LogP contribution in [0.1, 0.15) is 23.2 Å². The number of thiophene rings is 1. The van der Waals surface area contributed by atoms with Gasteiger partial charge in [0.1, 0.15) is 22.9 Å². The first-order valence-corrected chi connectivity index (χ1v) is 12.7. The average molecular weight is 481 g/mol. The molecule has 4 aromatic rings. The van der Waals surface area contributed by atoms with Crippen molar-refractivity contribution in [2.24, 2.45) is 0 Å². The summed E-state index contributed by atoms with van der Waals surface area (Å²) in [5.41, 5.74) is 2.54. The summed E-state index contributed by atoms with van der Waals surface area (Å²) in [6, 6.07) is 8.79. The highest BCUT2D eigenvalue weighted by Crippen LogP contribution is 2.38. The van der Waals surface area contributed by atoms with Crippen LogP contribution in [-0.4, -0.2) is 51.2 Å². The first-order valence-electron chi connectivity index (χ1n) is 10.6. The van der Waals surface area contributed by atoms with E-state index < -0.39 is 0 Å². The van der Waals surface area contributed by atoms with Crippen LogP contribution in [0.15, 0.2) is 59.3 Å². The molecule has 5 rings (SSSR count). The fourth-order valence-electron chi connectivity index (χ4n) is 3.95. The lowest BCUT2D eigenvalue weighted by molar-refractivity contribution is 0.0590. The van der Waals surface area contributed by atoms with E-state index in [1.807, 2.05) is 22.6 Å². The monoisotopic (exact) mass is 480 g/mol. The van der Waals surface area contributed by atoms with Crippen molar-refractivity contribution in [2.75, 3.05) is 19.3 Å². The zero-order valence-corrected chi connectivity index (χ0v) is 19.5. The molecular weight excluding hydrogens is 459 g/mol. The summed E-state index contributed by atoms with van der Waals surface area (Å²) < 4.78 is 21.7. The Hall–Kier alpha value is -3.04. The first kappa shape index (κ1) is 21.8. The van der Waals surface area contributed by atoms with Gasteiger partial charge in [0.2, 0.25) is 5.88 Å². The van der Waals surface area contributed by atoms with Crippen LogP contribution in [0.5, 0.6) is 5.88 Å². The summed E-state index contributed by atoms with van der Waals surface area (Å²) in [6.07, 6.45) is 8.00. The highest BCUT2D eigenvalue weighted by molar-refractivity contribution is 7.98. The number of hydrogen-bond donors (Lipinski definition) is 0. The number of fused-ring (bicyclic) bond motifs is 1. The second kappa shape index (κ2) is 9.44. The van der Waals surface area contributed by atoms with Crippen molar-refractivity contribution in [1.82, 2.24) is 19.9 Å². The lowest BCUT2D eigenvalue weighted by Crippen LogP contribution is -2.41.